The third-order valence-corrected chi connectivity index (χ3v) is 1.82. The van der Waals surface area contributed by atoms with E-state index in [-0.39, 0.29) is 0 Å². The molecule has 62 valence electrons. The summed E-state index contributed by atoms with van der Waals surface area (Å²) in [5, 5.41) is 8.33. The Kier molecular flexibility index (Phi) is 2.95. The van der Waals surface area contributed by atoms with Gasteiger partial charge >= 0.3 is 5.97 Å². The van der Waals surface area contributed by atoms with Crippen molar-refractivity contribution in [3.8, 4) is 0 Å². The molecule has 1 fully saturated rings. The minimum atomic E-state index is -0.865. The van der Waals surface area contributed by atoms with Crippen molar-refractivity contribution in [1.29, 1.82) is 0 Å². The van der Waals surface area contributed by atoms with Crippen molar-refractivity contribution in [2.24, 2.45) is 0 Å². The minimum Gasteiger partial charge on any atom is -0.478 e. The zero-order chi connectivity index (χ0) is 8.10. The molecular formula is C8H13NO2. The van der Waals surface area contributed by atoms with Gasteiger partial charge in [0.25, 0.3) is 0 Å². The fourth-order valence-electron chi connectivity index (χ4n) is 1.24. The first-order chi connectivity index (χ1) is 5.29. The van der Waals surface area contributed by atoms with Crippen LogP contribution < -0.4 is 0 Å². The van der Waals surface area contributed by atoms with Gasteiger partial charge in [-0.3, -0.25) is 0 Å². The Morgan fingerprint density at radius 2 is 1.91 bits per heavy atom. The van der Waals surface area contributed by atoms with E-state index in [9.17, 15) is 4.79 Å². The SMILES string of the molecule is O=C(O)C=CN1CCCCC1. The van der Waals surface area contributed by atoms with Crippen LogP contribution in [-0.2, 0) is 4.79 Å². The number of rotatable bonds is 2. The molecule has 11 heavy (non-hydrogen) atoms. The van der Waals surface area contributed by atoms with Crippen LogP contribution in [0, 0.1) is 0 Å². The lowest BCUT2D eigenvalue weighted by Crippen LogP contribution is -2.24. The molecule has 0 aromatic heterocycles. The summed E-state index contributed by atoms with van der Waals surface area (Å²) in [6.07, 6.45) is 6.51. The highest BCUT2D eigenvalue weighted by Gasteiger charge is 2.04. The molecule has 0 amide bonds. The van der Waals surface area contributed by atoms with Crippen molar-refractivity contribution in [1.82, 2.24) is 4.90 Å². The average molecular weight is 155 g/mol. The van der Waals surface area contributed by atoms with Gasteiger partial charge in [-0.2, -0.15) is 0 Å². The molecule has 0 aromatic rings. The third-order valence-electron chi connectivity index (χ3n) is 1.82. The van der Waals surface area contributed by atoms with Crippen LogP contribution in [0.4, 0.5) is 0 Å². The second-order valence-electron chi connectivity index (χ2n) is 2.75. The summed E-state index contributed by atoms with van der Waals surface area (Å²) in [7, 11) is 0. The fraction of sp³-hybridized carbons (Fsp3) is 0.625. The van der Waals surface area contributed by atoms with Gasteiger partial charge in [0.05, 0.1) is 0 Å². The van der Waals surface area contributed by atoms with Crippen LogP contribution in [-0.4, -0.2) is 29.1 Å². The number of carboxylic acids is 1. The molecule has 1 rings (SSSR count). The van der Waals surface area contributed by atoms with Gasteiger partial charge in [0, 0.05) is 25.4 Å². The molecule has 0 atom stereocenters. The van der Waals surface area contributed by atoms with Gasteiger partial charge in [0.15, 0.2) is 0 Å². The van der Waals surface area contributed by atoms with Crippen LogP contribution >= 0.6 is 0 Å². The maximum Gasteiger partial charge on any atom is 0.329 e. The Morgan fingerprint density at radius 1 is 1.27 bits per heavy atom. The van der Waals surface area contributed by atoms with E-state index in [1.807, 2.05) is 0 Å². The molecule has 1 aliphatic heterocycles. The molecule has 0 radical (unpaired) electrons. The molecule has 1 aliphatic rings. The number of likely N-dealkylation sites (tertiary alicyclic amines) is 1. The van der Waals surface area contributed by atoms with E-state index in [0.29, 0.717) is 0 Å². The number of carbonyl (C=O) groups is 1. The molecule has 0 spiro atoms. The summed E-state index contributed by atoms with van der Waals surface area (Å²) < 4.78 is 0. The standard InChI is InChI=1S/C8H13NO2/c10-8(11)4-7-9-5-2-1-3-6-9/h4,7H,1-3,5-6H2,(H,10,11). The van der Waals surface area contributed by atoms with Crippen molar-refractivity contribution in [3.63, 3.8) is 0 Å². The second kappa shape index (κ2) is 4.01. The molecule has 0 saturated carbocycles. The number of hydrogen-bond acceptors (Lipinski definition) is 2. The van der Waals surface area contributed by atoms with E-state index in [1.54, 1.807) is 6.20 Å². The number of nitrogens with zero attached hydrogens (tertiary/aromatic N) is 1. The lowest BCUT2D eigenvalue weighted by Gasteiger charge is -2.24. The monoisotopic (exact) mass is 155 g/mol. The molecule has 3 nitrogen and oxygen atoms in total. The van der Waals surface area contributed by atoms with Crippen molar-refractivity contribution in [2.75, 3.05) is 13.1 Å². The Balaban J connectivity index is 2.29. The first kappa shape index (κ1) is 8.11. The van der Waals surface area contributed by atoms with E-state index >= 15 is 0 Å². The van der Waals surface area contributed by atoms with Crippen LogP contribution in [0.2, 0.25) is 0 Å². The maximum absolute atomic E-state index is 10.1. The van der Waals surface area contributed by atoms with Gasteiger partial charge in [-0.15, -0.1) is 0 Å². The average Bonchev–Trinajstić information content (AvgIpc) is 2.03. The van der Waals surface area contributed by atoms with Crippen molar-refractivity contribution >= 4 is 5.97 Å². The maximum atomic E-state index is 10.1. The molecular weight excluding hydrogens is 142 g/mol. The lowest BCUT2D eigenvalue weighted by atomic mass is 10.1. The van der Waals surface area contributed by atoms with Gasteiger partial charge in [0.1, 0.15) is 0 Å². The number of hydrogen-bond donors (Lipinski definition) is 1. The van der Waals surface area contributed by atoms with Crippen LogP contribution in [0.25, 0.3) is 0 Å². The van der Waals surface area contributed by atoms with Crippen LogP contribution in [0.1, 0.15) is 19.3 Å². The summed E-state index contributed by atoms with van der Waals surface area (Å²) >= 11 is 0. The van der Waals surface area contributed by atoms with Crippen molar-refractivity contribution in [3.05, 3.63) is 12.3 Å². The molecule has 0 aliphatic carbocycles. The highest BCUT2D eigenvalue weighted by atomic mass is 16.4. The molecule has 1 heterocycles. The molecule has 1 N–H and O–H groups in total. The lowest BCUT2D eigenvalue weighted by molar-refractivity contribution is -0.131. The Hall–Kier alpha value is -0.990. The van der Waals surface area contributed by atoms with Crippen LogP contribution in [0.5, 0.6) is 0 Å². The zero-order valence-electron chi connectivity index (χ0n) is 6.49. The normalized spacial score (nSPS) is 19.1. The van der Waals surface area contributed by atoms with E-state index in [2.05, 4.69) is 4.90 Å². The third kappa shape index (κ3) is 3.07. The van der Waals surface area contributed by atoms with Gasteiger partial charge in [-0.1, -0.05) is 0 Å². The van der Waals surface area contributed by atoms with Gasteiger partial charge in [0.2, 0.25) is 0 Å². The second-order valence-corrected chi connectivity index (χ2v) is 2.75. The zero-order valence-corrected chi connectivity index (χ0v) is 6.49. The van der Waals surface area contributed by atoms with Crippen molar-refractivity contribution in [2.45, 2.75) is 19.3 Å². The number of aliphatic carboxylic acids is 1. The summed E-state index contributed by atoms with van der Waals surface area (Å²) in [6.45, 7) is 2.01. The first-order valence-corrected chi connectivity index (χ1v) is 3.94. The van der Waals surface area contributed by atoms with Crippen LogP contribution in [0.15, 0.2) is 12.3 Å². The molecule has 3 heteroatoms. The quantitative estimate of drug-likeness (QED) is 0.606. The molecule has 0 bridgehead atoms. The molecule has 0 unspecified atom stereocenters. The summed E-state index contributed by atoms with van der Waals surface area (Å²) in [4.78, 5) is 12.2. The Labute approximate surface area is 66.3 Å². The molecule has 1 saturated heterocycles. The van der Waals surface area contributed by atoms with E-state index in [4.69, 9.17) is 5.11 Å². The Bertz CT molecular complexity index is 159. The van der Waals surface area contributed by atoms with Crippen molar-refractivity contribution < 1.29 is 9.90 Å². The van der Waals surface area contributed by atoms with E-state index in [0.717, 1.165) is 13.1 Å². The minimum absolute atomic E-state index is 0.865. The highest BCUT2D eigenvalue weighted by Crippen LogP contribution is 2.08. The van der Waals surface area contributed by atoms with Gasteiger partial charge in [-0.25, -0.2) is 4.79 Å². The number of carboxylic acid groups (broad SMARTS) is 1. The predicted octanol–water partition coefficient (Wildman–Crippen LogP) is 1.07. The van der Waals surface area contributed by atoms with E-state index < -0.39 is 5.97 Å². The number of piperidine rings is 1. The van der Waals surface area contributed by atoms with Gasteiger partial charge in [-0.05, 0) is 19.3 Å². The summed E-state index contributed by atoms with van der Waals surface area (Å²) in [5.74, 6) is -0.865. The summed E-state index contributed by atoms with van der Waals surface area (Å²) in [5.41, 5.74) is 0. The van der Waals surface area contributed by atoms with E-state index in [1.165, 1.54) is 25.3 Å². The summed E-state index contributed by atoms with van der Waals surface area (Å²) in [6, 6.07) is 0. The molecule has 0 aromatic carbocycles. The topological polar surface area (TPSA) is 40.5 Å². The largest absolute Gasteiger partial charge is 0.478 e. The smallest absolute Gasteiger partial charge is 0.329 e. The fourth-order valence-corrected chi connectivity index (χ4v) is 1.24. The first-order valence-electron chi connectivity index (χ1n) is 3.94. The predicted molar refractivity (Wildman–Crippen MR) is 42.2 cm³/mol. The highest BCUT2D eigenvalue weighted by molar-refractivity contribution is 5.79. The van der Waals surface area contributed by atoms with Gasteiger partial charge < -0.3 is 10.0 Å². The Morgan fingerprint density at radius 3 is 2.45 bits per heavy atom. The van der Waals surface area contributed by atoms with Crippen LogP contribution in [0.3, 0.4) is 0 Å².